The van der Waals surface area contributed by atoms with Crippen LogP contribution in [0.25, 0.3) is 11.1 Å². The zero-order valence-electron chi connectivity index (χ0n) is 14.5. The molecule has 0 spiro atoms. The molecule has 0 bridgehead atoms. The highest BCUT2D eigenvalue weighted by atomic mass is 14.1. The molecule has 0 N–H and O–H groups in total. The summed E-state index contributed by atoms with van der Waals surface area (Å²) in [5, 5.41) is 0. The van der Waals surface area contributed by atoms with E-state index in [2.05, 4.69) is 105 Å². The van der Waals surface area contributed by atoms with Gasteiger partial charge in [0.05, 0.1) is 0 Å². The Bertz CT molecular complexity index is 853. The first-order valence-corrected chi connectivity index (χ1v) is 8.41. The number of hydrogen-bond acceptors (Lipinski definition) is 0. The Kier molecular flexibility index (Phi) is 4.82. The second-order valence-corrected chi connectivity index (χ2v) is 6.47. The van der Waals surface area contributed by atoms with Gasteiger partial charge in [0, 0.05) is 11.1 Å². The minimum Gasteiger partial charge on any atom is -0.0617 e. The molecule has 3 rings (SSSR count). The minimum absolute atomic E-state index is 0.568. The number of hydrogen-bond donors (Lipinski definition) is 0. The van der Waals surface area contributed by atoms with Crippen LogP contribution in [0.3, 0.4) is 0 Å². The Morgan fingerprint density at radius 3 is 1.46 bits per heavy atom. The van der Waals surface area contributed by atoms with Crippen LogP contribution >= 0.6 is 0 Å². The Morgan fingerprint density at radius 2 is 1.00 bits per heavy atom. The third-order valence-electron chi connectivity index (χ3n) is 4.20. The lowest BCUT2D eigenvalue weighted by Crippen LogP contribution is -1.86. The van der Waals surface area contributed by atoms with Crippen molar-refractivity contribution in [1.82, 2.24) is 0 Å². The van der Waals surface area contributed by atoms with Gasteiger partial charge in [0.2, 0.25) is 0 Å². The summed E-state index contributed by atoms with van der Waals surface area (Å²) in [4.78, 5) is 0. The fraction of sp³-hybridized carbons (Fsp3) is 0.167. The van der Waals surface area contributed by atoms with E-state index in [1.807, 2.05) is 0 Å². The molecule has 0 atom stereocenters. The molecule has 0 amide bonds. The molecular formula is C24H22. The zero-order chi connectivity index (χ0) is 16.9. The Labute approximate surface area is 145 Å². The van der Waals surface area contributed by atoms with Crippen LogP contribution in [0.2, 0.25) is 0 Å². The average molecular weight is 310 g/mol. The molecule has 0 saturated heterocycles. The molecule has 0 heterocycles. The fourth-order valence-electron chi connectivity index (χ4n) is 2.59. The van der Waals surface area contributed by atoms with Crippen molar-refractivity contribution in [1.29, 1.82) is 0 Å². The minimum atomic E-state index is 0.568. The molecule has 0 nitrogen and oxygen atoms in total. The maximum atomic E-state index is 3.23. The first-order chi connectivity index (χ1) is 11.6. The van der Waals surface area contributed by atoms with Crippen LogP contribution in [0.4, 0.5) is 0 Å². The van der Waals surface area contributed by atoms with Crippen molar-refractivity contribution in [3.8, 4) is 23.0 Å². The Hall–Kier alpha value is -2.78. The van der Waals surface area contributed by atoms with Crippen molar-refractivity contribution in [3.05, 3.63) is 95.1 Å². The van der Waals surface area contributed by atoms with E-state index in [4.69, 9.17) is 0 Å². The second kappa shape index (κ2) is 7.20. The molecule has 3 aromatic rings. The van der Waals surface area contributed by atoms with E-state index in [0.717, 1.165) is 11.1 Å². The van der Waals surface area contributed by atoms with Crippen LogP contribution < -0.4 is 0 Å². The average Bonchev–Trinajstić information content (AvgIpc) is 2.62. The molecule has 0 fully saturated rings. The molecule has 0 aliphatic carbocycles. The lowest BCUT2D eigenvalue weighted by molar-refractivity contribution is 0.867. The van der Waals surface area contributed by atoms with Crippen molar-refractivity contribution < 1.29 is 0 Å². The van der Waals surface area contributed by atoms with Crippen molar-refractivity contribution in [2.75, 3.05) is 0 Å². The summed E-state index contributed by atoms with van der Waals surface area (Å²) in [7, 11) is 0. The smallest absolute Gasteiger partial charge is 0.0249 e. The van der Waals surface area contributed by atoms with Gasteiger partial charge in [-0.25, -0.2) is 0 Å². The van der Waals surface area contributed by atoms with E-state index in [1.165, 1.54) is 22.3 Å². The van der Waals surface area contributed by atoms with Crippen LogP contribution in [-0.2, 0) is 0 Å². The van der Waals surface area contributed by atoms with Gasteiger partial charge >= 0.3 is 0 Å². The van der Waals surface area contributed by atoms with Crippen LogP contribution in [0, 0.1) is 18.8 Å². The molecule has 0 aliphatic heterocycles. The summed E-state index contributed by atoms with van der Waals surface area (Å²) in [5.41, 5.74) is 7.20. The molecule has 24 heavy (non-hydrogen) atoms. The van der Waals surface area contributed by atoms with Crippen LogP contribution in [0.15, 0.2) is 72.8 Å². The highest BCUT2D eigenvalue weighted by Crippen LogP contribution is 2.23. The van der Waals surface area contributed by atoms with Gasteiger partial charge in [0.1, 0.15) is 0 Å². The molecule has 3 aromatic carbocycles. The fourth-order valence-corrected chi connectivity index (χ4v) is 2.59. The third-order valence-corrected chi connectivity index (χ3v) is 4.20. The van der Waals surface area contributed by atoms with E-state index < -0.39 is 0 Å². The van der Waals surface area contributed by atoms with E-state index in [1.54, 1.807) is 0 Å². The lowest BCUT2D eigenvalue weighted by Gasteiger charge is -2.07. The molecular weight excluding hydrogens is 288 g/mol. The summed E-state index contributed by atoms with van der Waals surface area (Å²) in [6.07, 6.45) is 0. The van der Waals surface area contributed by atoms with Gasteiger partial charge in [-0.05, 0) is 53.8 Å². The lowest BCUT2D eigenvalue weighted by atomic mass is 9.98. The monoisotopic (exact) mass is 310 g/mol. The molecule has 0 aromatic heterocycles. The van der Waals surface area contributed by atoms with Gasteiger partial charge in [-0.15, -0.1) is 0 Å². The van der Waals surface area contributed by atoms with Crippen molar-refractivity contribution in [3.63, 3.8) is 0 Å². The summed E-state index contributed by atoms with van der Waals surface area (Å²) in [6.45, 7) is 6.52. The quantitative estimate of drug-likeness (QED) is 0.495. The summed E-state index contributed by atoms with van der Waals surface area (Å²) in [5.74, 6) is 7.02. The second-order valence-electron chi connectivity index (χ2n) is 6.47. The first kappa shape index (κ1) is 16.1. The van der Waals surface area contributed by atoms with Gasteiger partial charge in [-0.2, -0.15) is 0 Å². The van der Waals surface area contributed by atoms with Gasteiger partial charge in [-0.3, -0.25) is 0 Å². The summed E-state index contributed by atoms with van der Waals surface area (Å²) in [6, 6.07) is 25.6. The predicted octanol–water partition coefficient (Wildman–Crippen LogP) is 6.19. The molecule has 0 saturated carbocycles. The standard InChI is InChI=1S/C24H22/c1-18(2)22-14-16-24(17-15-22)23-12-10-21(11-13-23)9-8-20-6-4-19(3)5-7-20/h4-7,10-18H,1-3H3. The van der Waals surface area contributed by atoms with Gasteiger partial charge in [0.15, 0.2) is 0 Å². The maximum Gasteiger partial charge on any atom is 0.0249 e. The van der Waals surface area contributed by atoms with Crippen molar-refractivity contribution in [2.24, 2.45) is 0 Å². The van der Waals surface area contributed by atoms with Crippen LogP contribution in [0.1, 0.15) is 42.0 Å². The van der Waals surface area contributed by atoms with Crippen LogP contribution in [0.5, 0.6) is 0 Å². The number of benzene rings is 3. The maximum absolute atomic E-state index is 3.23. The van der Waals surface area contributed by atoms with Gasteiger partial charge < -0.3 is 0 Å². The van der Waals surface area contributed by atoms with Crippen LogP contribution in [-0.4, -0.2) is 0 Å². The van der Waals surface area contributed by atoms with Gasteiger partial charge in [0.25, 0.3) is 0 Å². The summed E-state index contributed by atoms with van der Waals surface area (Å²) >= 11 is 0. The summed E-state index contributed by atoms with van der Waals surface area (Å²) < 4.78 is 0. The molecule has 0 heteroatoms. The van der Waals surface area contributed by atoms with E-state index in [-0.39, 0.29) is 0 Å². The SMILES string of the molecule is Cc1ccc(C#Cc2ccc(-c3ccc(C(C)C)cc3)cc2)cc1. The van der Waals surface area contributed by atoms with Crippen molar-refractivity contribution in [2.45, 2.75) is 26.7 Å². The highest BCUT2D eigenvalue weighted by Gasteiger charge is 2.01. The largest absolute Gasteiger partial charge is 0.0617 e. The topological polar surface area (TPSA) is 0 Å². The molecule has 118 valence electrons. The third kappa shape index (κ3) is 3.94. The first-order valence-electron chi connectivity index (χ1n) is 8.41. The van der Waals surface area contributed by atoms with E-state index in [9.17, 15) is 0 Å². The number of rotatable bonds is 2. The van der Waals surface area contributed by atoms with Crippen molar-refractivity contribution >= 4 is 0 Å². The molecule has 0 aliphatic rings. The number of aryl methyl sites for hydroxylation is 1. The van der Waals surface area contributed by atoms with E-state index in [0.29, 0.717) is 5.92 Å². The molecule has 0 unspecified atom stereocenters. The van der Waals surface area contributed by atoms with E-state index >= 15 is 0 Å². The van der Waals surface area contributed by atoms with Gasteiger partial charge in [-0.1, -0.05) is 79.8 Å². The normalized spacial score (nSPS) is 10.3. The zero-order valence-corrected chi connectivity index (χ0v) is 14.5. The molecule has 0 radical (unpaired) electrons. The Morgan fingerprint density at radius 1 is 0.583 bits per heavy atom. The Balaban J connectivity index is 1.77. The predicted molar refractivity (Wildman–Crippen MR) is 103 cm³/mol. The highest BCUT2D eigenvalue weighted by molar-refractivity contribution is 5.65.